The number of rotatable bonds is 4. The van der Waals surface area contributed by atoms with E-state index >= 15 is 0 Å². The first-order valence-electron chi connectivity index (χ1n) is 6.22. The Kier molecular flexibility index (Phi) is 3.42. The van der Waals surface area contributed by atoms with Crippen LogP contribution in [0.4, 0.5) is 0 Å². The second kappa shape index (κ2) is 5.36. The monoisotopic (exact) mass is 272 g/mol. The van der Waals surface area contributed by atoms with Crippen molar-refractivity contribution in [1.29, 1.82) is 0 Å². The van der Waals surface area contributed by atoms with Crippen LogP contribution < -0.4 is 0 Å². The summed E-state index contributed by atoms with van der Waals surface area (Å²) in [6, 6.07) is 12.2. The van der Waals surface area contributed by atoms with Crippen LogP contribution in [0.1, 0.15) is 17.8 Å². The Morgan fingerprint density at radius 2 is 1.89 bits per heavy atom. The molecule has 0 amide bonds. The zero-order valence-corrected chi connectivity index (χ0v) is 11.1. The predicted octanol–water partition coefficient (Wildman–Crippen LogP) is 2.95. The van der Waals surface area contributed by atoms with Gasteiger partial charge < -0.3 is 0 Å². The predicted molar refractivity (Wildman–Crippen MR) is 74.3 cm³/mol. The lowest BCUT2D eigenvalue weighted by Crippen LogP contribution is -1.97. The minimum Gasteiger partial charge on any atom is -0.269 e. The number of benzene rings is 1. The Morgan fingerprint density at radius 1 is 1.05 bits per heavy atom. The number of aromatic nitrogens is 4. The Labute approximate surface area is 116 Å². The summed E-state index contributed by atoms with van der Waals surface area (Å²) in [6.07, 6.45) is 4.62. The lowest BCUT2D eigenvalue weighted by atomic mass is 10.1. The smallest absolute Gasteiger partial charge is 0.165 e. The van der Waals surface area contributed by atoms with Crippen molar-refractivity contribution < 1.29 is 0 Å². The third-order valence-corrected chi connectivity index (χ3v) is 3.25. The van der Waals surface area contributed by atoms with Crippen molar-refractivity contribution in [2.45, 2.75) is 19.3 Å². The normalized spacial score (nSPS) is 11.0. The average molecular weight is 273 g/mol. The van der Waals surface area contributed by atoms with Gasteiger partial charge in [0.1, 0.15) is 17.3 Å². The molecule has 3 rings (SSSR count). The molecule has 0 fully saturated rings. The molecule has 0 saturated carbocycles. The molecule has 2 heterocycles. The van der Waals surface area contributed by atoms with Crippen molar-refractivity contribution in [3.8, 4) is 0 Å². The Balaban J connectivity index is 1.69. The van der Waals surface area contributed by atoms with Gasteiger partial charge in [0.2, 0.25) is 0 Å². The van der Waals surface area contributed by atoms with E-state index in [1.165, 1.54) is 5.56 Å². The summed E-state index contributed by atoms with van der Waals surface area (Å²) in [6.45, 7) is 0. The van der Waals surface area contributed by atoms with Gasteiger partial charge in [-0.3, -0.25) is 4.40 Å². The highest BCUT2D eigenvalue weighted by Gasteiger charge is 2.06. The molecule has 0 aliphatic rings. The van der Waals surface area contributed by atoms with Crippen LogP contribution in [-0.2, 0) is 12.8 Å². The first-order chi connectivity index (χ1) is 9.33. The molecule has 0 N–H and O–H groups in total. The van der Waals surface area contributed by atoms with E-state index in [0.29, 0.717) is 5.15 Å². The second-order valence-corrected chi connectivity index (χ2v) is 4.78. The van der Waals surface area contributed by atoms with Gasteiger partial charge >= 0.3 is 0 Å². The molecule has 0 radical (unpaired) electrons. The van der Waals surface area contributed by atoms with E-state index < -0.39 is 0 Å². The van der Waals surface area contributed by atoms with Gasteiger partial charge in [-0.2, -0.15) is 0 Å². The van der Waals surface area contributed by atoms with Crippen molar-refractivity contribution in [2.24, 2.45) is 0 Å². The number of hydrogen-bond donors (Lipinski definition) is 0. The zero-order valence-electron chi connectivity index (χ0n) is 10.3. The van der Waals surface area contributed by atoms with Crippen LogP contribution in [0.2, 0.25) is 5.15 Å². The molecule has 4 nitrogen and oxygen atoms in total. The lowest BCUT2D eigenvalue weighted by molar-refractivity contribution is 0.757. The highest BCUT2D eigenvalue weighted by Crippen LogP contribution is 2.11. The van der Waals surface area contributed by atoms with Crippen LogP contribution >= 0.6 is 11.6 Å². The highest BCUT2D eigenvalue weighted by molar-refractivity contribution is 6.29. The van der Waals surface area contributed by atoms with E-state index in [0.717, 1.165) is 30.7 Å². The Bertz CT molecular complexity index is 678. The molecule has 96 valence electrons. The van der Waals surface area contributed by atoms with Crippen molar-refractivity contribution >= 4 is 17.2 Å². The molecule has 2 aromatic heterocycles. The first kappa shape index (κ1) is 12.1. The molecule has 0 bridgehead atoms. The van der Waals surface area contributed by atoms with Crippen molar-refractivity contribution in [3.63, 3.8) is 0 Å². The van der Waals surface area contributed by atoms with Crippen molar-refractivity contribution in [1.82, 2.24) is 19.6 Å². The lowest BCUT2D eigenvalue weighted by Gasteiger charge is -2.01. The van der Waals surface area contributed by atoms with Crippen LogP contribution in [0.15, 0.2) is 42.7 Å². The molecule has 0 spiro atoms. The average Bonchev–Trinajstić information content (AvgIpc) is 2.82. The summed E-state index contributed by atoms with van der Waals surface area (Å²) in [5.74, 6) is 0.926. The molecule has 1 aromatic carbocycles. The SMILES string of the molecule is Clc1cc2nnc(CCCc3ccccc3)n2cn1. The molecular formula is C14H13ClN4. The van der Waals surface area contributed by atoms with Gasteiger partial charge in [0.25, 0.3) is 0 Å². The Morgan fingerprint density at radius 3 is 2.74 bits per heavy atom. The molecule has 3 aromatic rings. The van der Waals surface area contributed by atoms with Gasteiger partial charge in [-0.1, -0.05) is 41.9 Å². The van der Waals surface area contributed by atoms with E-state index in [2.05, 4.69) is 39.4 Å². The highest BCUT2D eigenvalue weighted by atomic mass is 35.5. The van der Waals surface area contributed by atoms with Crippen LogP contribution in [0, 0.1) is 0 Å². The largest absolute Gasteiger partial charge is 0.269 e. The van der Waals surface area contributed by atoms with Crippen LogP contribution in [-0.4, -0.2) is 19.6 Å². The summed E-state index contributed by atoms with van der Waals surface area (Å²) in [7, 11) is 0. The zero-order chi connectivity index (χ0) is 13.1. The topological polar surface area (TPSA) is 43.1 Å². The molecule has 0 saturated heterocycles. The van der Waals surface area contributed by atoms with Crippen LogP contribution in [0.25, 0.3) is 5.65 Å². The van der Waals surface area contributed by atoms with Crippen molar-refractivity contribution in [3.05, 3.63) is 59.3 Å². The fourth-order valence-corrected chi connectivity index (χ4v) is 2.23. The molecule has 0 aliphatic carbocycles. The van der Waals surface area contributed by atoms with E-state index in [1.807, 2.05) is 10.5 Å². The minimum atomic E-state index is 0.440. The second-order valence-electron chi connectivity index (χ2n) is 4.40. The van der Waals surface area contributed by atoms with Gasteiger partial charge in [0, 0.05) is 12.5 Å². The van der Waals surface area contributed by atoms with Gasteiger partial charge in [-0.15, -0.1) is 10.2 Å². The number of hydrogen-bond acceptors (Lipinski definition) is 3. The Hall–Kier alpha value is -1.94. The molecule has 19 heavy (non-hydrogen) atoms. The maximum Gasteiger partial charge on any atom is 0.165 e. The van der Waals surface area contributed by atoms with Gasteiger partial charge in [-0.05, 0) is 18.4 Å². The fraction of sp³-hybridized carbons (Fsp3) is 0.214. The van der Waals surface area contributed by atoms with Crippen LogP contribution in [0.3, 0.4) is 0 Å². The summed E-state index contributed by atoms with van der Waals surface area (Å²) in [5, 5.41) is 8.72. The number of nitrogens with zero attached hydrogens (tertiary/aromatic N) is 4. The molecule has 0 unspecified atom stereocenters. The number of aryl methyl sites for hydroxylation is 2. The fourth-order valence-electron chi connectivity index (χ4n) is 2.08. The van der Waals surface area contributed by atoms with Crippen molar-refractivity contribution in [2.75, 3.05) is 0 Å². The number of fused-ring (bicyclic) bond motifs is 1. The summed E-state index contributed by atoms with van der Waals surface area (Å²) >= 11 is 5.82. The molecule has 0 atom stereocenters. The quantitative estimate of drug-likeness (QED) is 0.686. The van der Waals surface area contributed by atoms with E-state index in [4.69, 9.17) is 11.6 Å². The summed E-state index contributed by atoms with van der Waals surface area (Å²) in [5.41, 5.74) is 2.09. The third-order valence-electron chi connectivity index (χ3n) is 3.05. The minimum absolute atomic E-state index is 0.440. The standard InChI is InChI=1S/C14H13ClN4/c15-12-9-14-18-17-13(19(14)10-16-12)8-4-7-11-5-2-1-3-6-11/h1-3,5-6,9-10H,4,7-8H2. The van der Waals surface area contributed by atoms with Gasteiger partial charge in [0.15, 0.2) is 5.65 Å². The maximum atomic E-state index is 5.82. The molecule has 0 aliphatic heterocycles. The van der Waals surface area contributed by atoms with Gasteiger partial charge in [0.05, 0.1) is 0 Å². The van der Waals surface area contributed by atoms with E-state index in [-0.39, 0.29) is 0 Å². The van der Waals surface area contributed by atoms with Crippen LogP contribution in [0.5, 0.6) is 0 Å². The number of halogens is 1. The maximum absolute atomic E-state index is 5.82. The first-order valence-corrected chi connectivity index (χ1v) is 6.60. The third kappa shape index (κ3) is 2.74. The van der Waals surface area contributed by atoms with E-state index in [9.17, 15) is 0 Å². The van der Waals surface area contributed by atoms with Gasteiger partial charge in [-0.25, -0.2) is 4.98 Å². The summed E-state index contributed by atoms with van der Waals surface area (Å²) < 4.78 is 1.89. The molecular weight excluding hydrogens is 260 g/mol. The summed E-state index contributed by atoms with van der Waals surface area (Å²) in [4.78, 5) is 4.05. The van der Waals surface area contributed by atoms with E-state index in [1.54, 1.807) is 12.4 Å². The molecule has 5 heteroatoms.